The minimum absolute atomic E-state index is 0.0832. The minimum atomic E-state index is -4.12. The number of sulfonamides is 1. The smallest absolute Gasteiger partial charge is 0.264 e. The van der Waals surface area contributed by atoms with Crippen LogP contribution < -0.4 is 9.62 Å². The number of anilines is 1. The van der Waals surface area contributed by atoms with Crippen molar-refractivity contribution in [3.8, 4) is 0 Å². The number of benzene rings is 3. The van der Waals surface area contributed by atoms with Crippen LogP contribution >= 0.6 is 11.6 Å². The van der Waals surface area contributed by atoms with Crippen molar-refractivity contribution in [3.05, 3.63) is 94.5 Å². The molecule has 3 rings (SSSR count). The predicted molar refractivity (Wildman–Crippen MR) is 170 cm³/mol. The minimum Gasteiger partial charge on any atom is -0.354 e. The standard InChI is InChI=1S/C33H42ClN3O4S/c1-7-31(33(39)35-20-23(2)3)36(21-26-10-14-28(34)15-11-26)32(38)22-37(29-16-12-27(13-17-29)24(4)5)42(40,41)30-18-8-25(6)9-19-30/h8-19,23-24,31H,7,20-22H2,1-6H3,(H,35,39)/t31-/m0/s1. The fraction of sp³-hybridized carbons (Fsp3) is 0.394. The Morgan fingerprint density at radius 1 is 0.881 bits per heavy atom. The number of carbonyl (C=O) groups excluding carboxylic acids is 2. The molecule has 0 unspecified atom stereocenters. The lowest BCUT2D eigenvalue weighted by molar-refractivity contribution is -0.140. The number of halogens is 1. The Balaban J connectivity index is 2.06. The lowest BCUT2D eigenvalue weighted by Crippen LogP contribution is -2.52. The van der Waals surface area contributed by atoms with Crippen LogP contribution in [-0.4, -0.2) is 44.3 Å². The molecule has 9 heteroatoms. The van der Waals surface area contributed by atoms with E-state index in [0.29, 0.717) is 23.7 Å². The van der Waals surface area contributed by atoms with Crippen molar-refractivity contribution in [2.24, 2.45) is 5.92 Å². The van der Waals surface area contributed by atoms with Gasteiger partial charge in [0.05, 0.1) is 10.6 Å². The zero-order valence-electron chi connectivity index (χ0n) is 25.3. The largest absolute Gasteiger partial charge is 0.354 e. The van der Waals surface area contributed by atoms with E-state index >= 15 is 0 Å². The second kappa shape index (κ2) is 14.7. The average Bonchev–Trinajstić information content (AvgIpc) is 2.95. The summed E-state index contributed by atoms with van der Waals surface area (Å²) in [5.74, 6) is -0.272. The van der Waals surface area contributed by atoms with Crippen LogP contribution in [0.3, 0.4) is 0 Å². The molecule has 0 heterocycles. The average molecular weight is 612 g/mol. The molecule has 226 valence electrons. The van der Waals surface area contributed by atoms with E-state index in [2.05, 4.69) is 19.2 Å². The number of aryl methyl sites for hydroxylation is 1. The van der Waals surface area contributed by atoms with E-state index in [9.17, 15) is 18.0 Å². The topological polar surface area (TPSA) is 86.8 Å². The van der Waals surface area contributed by atoms with Crippen molar-refractivity contribution in [1.29, 1.82) is 0 Å². The third-order valence-corrected chi connectivity index (χ3v) is 9.11. The lowest BCUT2D eigenvalue weighted by Gasteiger charge is -2.33. The predicted octanol–water partition coefficient (Wildman–Crippen LogP) is 6.55. The zero-order chi connectivity index (χ0) is 31.0. The second-order valence-electron chi connectivity index (χ2n) is 11.3. The van der Waals surface area contributed by atoms with Gasteiger partial charge in [-0.1, -0.05) is 88.2 Å². The molecule has 1 atom stereocenters. The molecule has 3 aromatic rings. The molecular formula is C33H42ClN3O4S. The molecule has 1 N–H and O–H groups in total. The fourth-order valence-electron chi connectivity index (χ4n) is 4.52. The van der Waals surface area contributed by atoms with Crippen LogP contribution in [0.5, 0.6) is 0 Å². The SMILES string of the molecule is CC[C@@H](C(=O)NCC(C)C)N(Cc1ccc(Cl)cc1)C(=O)CN(c1ccc(C(C)C)cc1)S(=O)(=O)c1ccc(C)cc1. The summed E-state index contributed by atoms with van der Waals surface area (Å²) in [6.45, 7) is 11.9. The van der Waals surface area contributed by atoms with Crippen molar-refractivity contribution < 1.29 is 18.0 Å². The Morgan fingerprint density at radius 3 is 2.00 bits per heavy atom. The van der Waals surface area contributed by atoms with E-state index in [0.717, 1.165) is 21.0 Å². The summed E-state index contributed by atoms with van der Waals surface area (Å²) in [6.07, 6.45) is 0.358. The summed E-state index contributed by atoms with van der Waals surface area (Å²) in [5.41, 5.74) is 3.12. The van der Waals surface area contributed by atoms with Gasteiger partial charge in [0.2, 0.25) is 11.8 Å². The number of hydrogen-bond donors (Lipinski definition) is 1. The first kappa shape index (κ1) is 33.1. The van der Waals surface area contributed by atoms with Gasteiger partial charge in [0.25, 0.3) is 10.0 Å². The molecule has 0 saturated heterocycles. The highest BCUT2D eigenvalue weighted by molar-refractivity contribution is 7.92. The molecular weight excluding hydrogens is 570 g/mol. The van der Waals surface area contributed by atoms with Gasteiger partial charge in [-0.3, -0.25) is 13.9 Å². The first-order valence-electron chi connectivity index (χ1n) is 14.3. The van der Waals surface area contributed by atoms with E-state index in [-0.39, 0.29) is 29.2 Å². The first-order chi connectivity index (χ1) is 19.8. The molecule has 7 nitrogen and oxygen atoms in total. The third kappa shape index (κ3) is 8.58. The van der Waals surface area contributed by atoms with Crippen LogP contribution in [0.1, 0.15) is 63.6 Å². The Hall–Kier alpha value is -3.36. The highest BCUT2D eigenvalue weighted by atomic mass is 35.5. The summed E-state index contributed by atoms with van der Waals surface area (Å²) in [6, 6.07) is 20.0. The summed E-state index contributed by atoms with van der Waals surface area (Å²) < 4.78 is 29.2. The molecule has 0 saturated carbocycles. The highest BCUT2D eigenvalue weighted by Gasteiger charge is 2.33. The summed E-state index contributed by atoms with van der Waals surface area (Å²) >= 11 is 6.09. The lowest BCUT2D eigenvalue weighted by atomic mass is 10.0. The maximum Gasteiger partial charge on any atom is 0.264 e. The van der Waals surface area contributed by atoms with E-state index in [4.69, 9.17) is 11.6 Å². The molecule has 3 aromatic carbocycles. The van der Waals surface area contributed by atoms with Crippen molar-refractivity contribution >= 4 is 39.1 Å². The van der Waals surface area contributed by atoms with Crippen LogP contribution in [0.15, 0.2) is 77.7 Å². The maximum atomic E-state index is 14.2. The Kier molecular flexibility index (Phi) is 11.6. The number of rotatable bonds is 13. The summed E-state index contributed by atoms with van der Waals surface area (Å²) in [7, 11) is -4.12. The Bertz CT molecular complexity index is 1440. The van der Waals surface area contributed by atoms with Crippen LogP contribution in [0.4, 0.5) is 5.69 Å². The van der Waals surface area contributed by atoms with E-state index < -0.39 is 28.5 Å². The van der Waals surface area contributed by atoms with E-state index in [1.54, 1.807) is 60.7 Å². The molecule has 0 radical (unpaired) electrons. The van der Waals surface area contributed by atoms with Gasteiger partial charge in [-0.25, -0.2) is 8.42 Å². The molecule has 0 fully saturated rings. The summed E-state index contributed by atoms with van der Waals surface area (Å²) in [4.78, 5) is 29.0. The van der Waals surface area contributed by atoms with Gasteiger partial charge in [0, 0.05) is 18.1 Å². The molecule has 0 aliphatic rings. The molecule has 42 heavy (non-hydrogen) atoms. The van der Waals surface area contributed by atoms with Gasteiger partial charge >= 0.3 is 0 Å². The number of carbonyl (C=O) groups is 2. The van der Waals surface area contributed by atoms with Crippen LogP contribution in [0.2, 0.25) is 5.02 Å². The van der Waals surface area contributed by atoms with Gasteiger partial charge in [-0.15, -0.1) is 0 Å². The van der Waals surface area contributed by atoms with Crippen molar-refractivity contribution in [1.82, 2.24) is 10.2 Å². The summed E-state index contributed by atoms with van der Waals surface area (Å²) in [5, 5.41) is 3.49. The molecule has 0 aliphatic heterocycles. The van der Waals surface area contributed by atoms with Crippen LogP contribution in [0, 0.1) is 12.8 Å². The van der Waals surface area contributed by atoms with Crippen LogP contribution in [0.25, 0.3) is 0 Å². The first-order valence-corrected chi connectivity index (χ1v) is 16.2. The molecule has 0 aliphatic carbocycles. The monoisotopic (exact) mass is 611 g/mol. The van der Waals surface area contributed by atoms with Gasteiger partial charge in [-0.2, -0.15) is 0 Å². The number of nitrogens with zero attached hydrogens (tertiary/aromatic N) is 2. The zero-order valence-corrected chi connectivity index (χ0v) is 26.9. The molecule has 0 spiro atoms. The number of amides is 2. The maximum absolute atomic E-state index is 14.2. The highest BCUT2D eigenvalue weighted by Crippen LogP contribution is 2.27. The van der Waals surface area contributed by atoms with Gasteiger partial charge < -0.3 is 10.2 Å². The number of nitrogens with one attached hydrogen (secondary N) is 1. The molecule has 0 aromatic heterocycles. The van der Waals surface area contributed by atoms with Crippen LogP contribution in [-0.2, 0) is 26.2 Å². The van der Waals surface area contributed by atoms with Crippen molar-refractivity contribution in [2.75, 3.05) is 17.4 Å². The quantitative estimate of drug-likeness (QED) is 0.238. The van der Waals surface area contributed by atoms with E-state index in [1.165, 1.54) is 4.90 Å². The van der Waals surface area contributed by atoms with Crippen molar-refractivity contribution in [3.63, 3.8) is 0 Å². The van der Waals surface area contributed by atoms with Crippen molar-refractivity contribution in [2.45, 2.75) is 71.4 Å². The van der Waals surface area contributed by atoms with E-state index in [1.807, 2.05) is 39.8 Å². The second-order valence-corrected chi connectivity index (χ2v) is 13.6. The third-order valence-electron chi connectivity index (χ3n) is 7.07. The van der Waals surface area contributed by atoms with Gasteiger partial charge in [0.15, 0.2) is 0 Å². The fourth-order valence-corrected chi connectivity index (χ4v) is 6.06. The Morgan fingerprint density at radius 2 is 1.48 bits per heavy atom. The molecule has 0 bridgehead atoms. The molecule has 2 amide bonds. The Labute approximate surface area is 255 Å². The number of hydrogen-bond acceptors (Lipinski definition) is 4. The van der Waals surface area contributed by atoms with Gasteiger partial charge in [0.1, 0.15) is 12.6 Å². The van der Waals surface area contributed by atoms with Gasteiger partial charge in [-0.05, 0) is 72.7 Å². The normalized spacial score (nSPS) is 12.3.